The molecule has 0 bridgehead atoms. The van der Waals surface area contributed by atoms with Gasteiger partial charge in [-0.1, -0.05) is 32.8 Å². The van der Waals surface area contributed by atoms with Crippen LogP contribution in [0.5, 0.6) is 0 Å². The molecule has 2 heteroatoms. The van der Waals surface area contributed by atoms with E-state index >= 15 is 0 Å². The van der Waals surface area contributed by atoms with Gasteiger partial charge in [-0.25, -0.2) is 0 Å². The normalized spacial score (nSPS) is 32.4. The highest BCUT2D eigenvalue weighted by atomic mass is 14.9. The average molecular weight is 272 g/mol. The Morgan fingerprint density at radius 3 is 2.90 bits per heavy atom. The van der Waals surface area contributed by atoms with Crippen molar-refractivity contribution in [2.75, 3.05) is 18.9 Å². The summed E-state index contributed by atoms with van der Waals surface area (Å²) in [4.78, 5) is 0. The molecule has 2 aliphatic rings. The Bertz CT molecular complexity index is 482. The summed E-state index contributed by atoms with van der Waals surface area (Å²) < 4.78 is 0. The lowest BCUT2D eigenvalue weighted by Crippen LogP contribution is -2.52. The molecule has 0 aliphatic heterocycles. The Hall–Kier alpha value is -1.02. The first kappa shape index (κ1) is 13.9. The monoisotopic (exact) mass is 272 g/mol. The number of anilines is 1. The molecule has 1 saturated carbocycles. The fourth-order valence-electron chi connectivity index (χ4n) is 4.64. The Morgan fingerprint density at radius 2 is 2.15 bits per heavy atom. The maximum Gasteiger partial charge on any atom is 0.0340 e. The van der Waals surface area contributed by atoms with Crippen LogP contribution in [0.4, 0.5) is 5.69 Å². The standard InChI is InChI=1S/C18H28N2/c1-4-20-17-11-13-8-9-14(19-3)12-16(13)18(2)10-6-5-7-15(17)18/h8-9,12,15,17,19-20H,4-7,10-11H2,1-3H3/t15?,17-,18?/m0/s1. The first-order valence-corrected chi connectivity index (χ1v) is 8.23. The van der Waals surface area contributed by atoms with E-state index in [0.717, 1.165) is 12.5 Å². The van der Waals surface area contributed by atoms with Gasteiger partial charge in [0.15, 0.2) is 0 Å². The molecule has 2 nitrogen and oxygen atoms in total. The van der Waals surface area contributed by atoms with E-state index in [1.165, 1.54) is 37.8 Å². The lowest BCUT2D eigenvalue weighted by Gasteiger charge is -2.50. The van der Waals surface area contributed by atoms with Crippen LogP contribution in [0, 0.1) is 5.92 Å². The number of hydrogen-bond acceptors (Lipinski definition) is 2. The van der Waals surface area contributed by atoms with Crippen LogP contribution in [-0.2, 0) is 11.8 Å². The smallest absolute Gasteiger partial charge is 0.0340 e. The van der Waals surface area contributed by atoms with Crippen LogP contribution in [0.15, 0.2) is 18.2 Å². The molecule has 1 aromatic rings. The summed E-state index contributed by atoms with van der Waals surface area (Å²) in [6.45, 7) is 5.83. The van der Waals surface area contributed by atoms with Gasteiger partial charge in [-0.3, -0.25) is 0 Å². The van der Waals surface area contributed by atoms with Gasteiger partial charge in [0.05, 0.1) is 0 Å². The summed E-state index contributed by atoms with van der Waals surface area (Å²) >= 11 is 0. The van der Waals surface area contributed by atoms with E-state index in [0.29, 0.717) is 11.5 Å². The van der Waals surface area contributed by atoms with E-state index in [1.807, 2.05) is 7.05 Å². The Labute approximate surface area is 123 Å². The highest BCUT2D eigenvalue weighted by Crippen LogP contribution is 2.50. The molecule has 20 heavy (non-hydrogen) atoms. The minimum atomic E-state index is 0.367. The molecule has 1 aromatic carbocycles. The molecule has 2 N–H and O–H groups in total. The van der Waals surface area contributed by atoms with Crippen molar-refractivity contribution in [1.82, 2.24) is 5.32 Å². The van der Waals surface area contributed by atoms with Crippen molar-refractivity contribution >= 4 is 5.69 Å². The van der Waals surface area contributed by atoms with E-state index in [1.54, 1.807) is 11.1 Å². The van der Waals surface area contributed by atoms with Gasteiger partial charge in [-0.15, -0.1) is 0 Å². The van der Waals surface area contributed by atoms with Gasteiger partial charge in [0.2, 0.25) is 0 Å². The lowest BCUT2D eigenvalue weighted by atomic mass is 9.56. The predicted molar refractivity (Wildman–Crippen MR) is 86.5 cm³/mol. The molecule has 0 amide bonds. The van der Waals surface area contributed by atoms with Crippen molar-refractivity contribution in [3.05, 3.63) is 29.3 Å². The summed E-state index contributed by atoms with van der Waals surface area (Å²) in [5, 5.41) is 7.07. The van der Waals surface area contributed by atoms with Gasteiger partial charge in [-0.05, 0) is 60.4 Å². The summed E-state index contributed by atoms with van der Waals surface area (Å²) in [5.41, 5.74) is 4.81. The molecule has 0 radical (unpaired) electrons. The number of hydrogen-bond donors (Lipinski definition) is 2. The molecular weight excluding hydrogens is 244 g/mol. The first-order valence-electron chi connectivity index (χ1n) is 8.23. The number of rotatable bonds is 3. The highest BCUT2D eigenvalue weighted by molar-refractivity contribution is 5.52. The van der Waals surface area contributed by atoms with Crippen LogP contribution in [0.25, 0.3) is 0 Å². The molecule has 0 spiro atoms. The minimum absolute atomic E-state index is 0.367. The summed E-state index contributed by atoms with van der Waals surface area (Å²) in [5.74, 6) is 0.802. The quantitative estimate of drug-likeness (QED) is 0.876. The summed E-state index contributed by atoms with van der Waals surface area (Å²) in [6.07, 6.45) is 6.73. The van der Waals surface area contributed by atoms with Crippen LogP contribution in [0.2, 0.25) is 0 Å². The van der Waals surface area contributed by atoms with E-state index in [2.05, 4.69) is 42.7 Å². The average Bonchev–Trinajstić information content (AvgIpc) is 2.47. The zero-order valence-corrected chi connectivity index (χ0v) is 13.1. The van der Waals surface area contributed by atoms with Crippen molar-refractivity contribution in [3.63, 3.8) is 0 Å². The van der Waals surface area contributed by atoms with Gasteiger partial charge >= 0.3 is 0 Å². The zero-order valence-electron chi connectivity index (χ0n) is 13.1. The van der Waals surface area contributed by atoms with Gasteiger partial charge < -0.3 is 10.6 Å². The van der Waals surface area contributed by atoms with Gasteiger partial charge in [0.25, 0.3) is 0 Å². The van der Waals surface area contributed by atoms with Crippen LogP contribution < -0.4 is 10.6 Å². The van der Waals surface area contributed by atoms with E-state index in [-0.39, 0.29) is 0 Å². The number of benzene rings is 1. The van der Waals surface area contributed by atoms with Crippen molar-refractivity contribution in [2.45, 2.75) is 57.4 Å². The molecule has 3 atom stereocenters. The lowest BCUT2D eigenvalue weighted by molar-refractivity contribution is 0.138. The molecule has 2 unspecified atom stereocenters. The Kier molecular flexibility index (Phi) is 3.76. The Balaban J connectivity index is 2.05. The second kappa shape index (κ2) is 5.40. The second-order valence-corrected chi connectivity index (χ2v) is 6.76. The highest BCUT2D eigenvalue weighted by Gasteiger charge is 2.46. The summed E-state index contributed by atoms with van der Waals surface area (Å²) in [6, 6.07) is 7.66. The van der Waals surface area contributed by atoms with Crippen LogP contribution >= 0.6 is 0 Å². The van der Waals surface area contributed by atoms with Gasteiger partial charge in [0.1, 0.15) is 0 Å². The van der Waals surface area contributed by atoms with Crippen molar-refractivity contribution in [1.29, 1.82) is 0 Å². The topological polar surface area (TPSA) is 24.1 Å². The third-order valence-electron chi connectivity index (χ3n) is 5.69. The molecule has 3 rings (SSSR count). The van der Waals surface area contributed by atoms with Crippen LogP contribution in [0.3, 0.4) is 0 Å². The minimum Gasteiger partial charge on any atom is -0.388 e. The van der Waals surface area contributed by atoms with Gasteiger partial charge in [0, 0.05) is 18.8 Å². The Morgan fingerprint density at radius 1 is 1.30 bits per heavy atom. The molecule has 0 saturated heterocycles. The zero-order chi connectivity index (χ0) is 14.2. The van der Waals surface area contributed by atoms with Gasteiger partial charge in [-0.2, -0.15) is 0 Å². The van der Waals surface area contributed by atoms with E-state index in [9.17, 15) is 0 Å². The van der Waals surface area contributed by atoms with E-state index in [4.69, 9.17) is 0 Å². The fraction of sp³-hybridized carbons (Fsp3) is 0.667. The maximum absolute atomic E-state index is 3.76. The largest absolute Gasteiger partial charge is 0.388 e. The van der Waals surface area contributed by atoms with Crippen molar-refractivity contribution in [2.24, 2.45) is 5.92 Å². The van der Waals surface area contributed by atoms with Crippen LogP contribution in [-0.4, -0.2) is 19.6 Å². The molecule has 2 aliphatic carbocycles. The van der Waals surface area contributed by atoms with Crippen LogP contribution in [0.1, 0.15) is 50.7 Å². The molecule has 1 fully saturated rings. The maximum atomic E-state index is 3.76. The molecule has 0 aromatic heterocycles. The molecular formula is C18H28N2. The van der Waals surface area contributed by atoms with Crippen molar-refractivity contribution in [3.8, 4) is 0 Å². The fourth-order valence-corrected chi connectivity index (χ4v) is 4.64. The third-order valence-corrected chi connectivity index (χ3v) is 5.69. The molecule has 110 valence electrons. The van der Waals surface area contributed by atoms with Crippen molar-refractivity contribution < 1.29 is 0 Å². The number of fused-ring (bicyclic) bond motifs is 3. The van der Waals surface area contributed by atoms with E-state index < -0.39 is 0 Å². The first-order chi connectivity index (χ1) is 9.69. The number of nitrogens with one attached hydrogen (secondary N) is 2. The summed E-state index contributed by atoms with van der Waals surface area (Å²) in [7, 11) is 2.02. The number of likely N-dealkylation sites (N-methyl/N-ethyl adjacent to an activating group) is 1. The second-order valence-electron chi connectivity index (χ2n) is 6.76. The SMILES string of the molecule is CCN[C@H]1Cc2ccc(NC)cc2C2(C)CCCCC12. The third kappa shape index (κ3) is 2.14. The molecule has 0 heterocycles. The predicted octanol–water partition coefficient (Wildman–Crippen LogP) is 3.71.